The highest BCUT2D eigenvalue weighted by Crippen LogP contribution is 2.52. The molecule has 0 aromatic heterocycles. The first-order valence-corrected chi connectivity index (χ1v) is 55.0. The molecule has 4 atom stereocenters. The number of hydrogen-bond donors (Lipinski definition) is 0. The molecule has 10 aromatic carbocycles. The van der Waals surface area contributed by atoms with Crippen LogP contribution in [-0.4, -0.2) is 63.0 Å². The summed E-state index contributed by atoms with van der Waals surface area (Å²) in [5, 5.41) is 0. The van der Waals surface area contributed by atoms with Gasteiger partial charge in [0.05, 0.1) is 58.3 Å². The van der Waals surface area contributed by atoms with Gasteiger partial charge < -0.3 is 38.9 Å². The normalized spacial score (nSPS) is 15.0. The fraction of sp³-hybridized carbons (Fsp3) is 0.392. The van der Waals surface area contributed by atoms with Gasteiger partial charge in [0, 0.05) is 96.0 Å². The number of hydrogen-bond acceptors (Lipinski definition) is 8. The van der Waals surface area contributed by atoms with E-state index in [-0.39, 0.29) is 23.6 Å². The zero-order valence-electron chi connectivity index (χ0n) is 85.3. The minimum absolute atomic E-state index is 0.0508. The molecule has 4 aliphatic heterocycles. The van der Waals surface area contributed by atoms with Crippen molar-refractivity contribution in [3.05, 3.63) is 301 Å². The molecule has 4 amide bonds. The number of allylic oxidation sites excluding steroid dienone is 1. The van der Waals surface area contributed by atoms with Crippen molar-refractivity contribution >= 4 is 181 Å². The summed E-state index contributed by atoms with van der Waals surface area (Å²) in [5.41, 5.74) is 21.1. The molecular formula is C125H151Br3N6O6. The molecule has 738 valence electrons. The summed E-state index contributed by atoms with van der Waals surface area (Å²) < 4.78 is 14.9. The summed E-state index contributed by atoms with van der Waals surface area (Å²) in [6.07, 6.45) is 44.7. The predicted octanol–water partition coefficient (Wildman–Crippen LogP) is 36.3. The van der Waals surface area contributed by atoms with Crippen LogP contribution < -0.4 is 38.9 Å². The Morgan fingerprint density at radius 2 is 0.529 bits per heavy atom. The zero-order valence-corrected chi connectivity index (χ0v) is 90.0. The van der Waals surface area contributed by atoms with Crippen LogP contribution in [0, 0.1) is 23.7 Å². The average molecular weight is 2070 g/mol. The van der Waals surface area contributed by atoms with Gasteiger partial charge in [-0.25, -0.2) is 0 Å². The number of carbonyl (C=O) groups is 4. The van der Waals surface area contributed by atoms with E-state index in [2.05, 4.69) is 334 Å². The lowest BCUT2D eigenvalue weighted by Gasteiger charge is -2.26. The third-order valence-electron chi connectivity index (χ3n) is 28.0. The van der Waals surface area contributed by atoms with Gasteiger partial charge in [0.25, 0.3) is 23.6 Å². The minimum Gasteiger partial charge on any atom is -0.494 e. The second-order valence-electron chi connectivity index (χ2n) is 38.1. The molecule has 15 heteroatoms. The Morgan fingerprint density at radius 1 is 0.286 bits per heavy atom. The molecule has 14 rings (SSSR count). The highest BCUT2D eigenvalue weighted by molar-refractivity contribution is 9.11. The van der Waals surface area contributed by atoms with E-state index in [4.69, 9.17) is 9.47 Å². The van der Waals surface area contributed by atoms with E-state index < -0.39 is 0 Å². The van der Waals surface area contributed by atoms with Crippen molar-refractivity contribution in [2.45, 2.75) is 256 Å². The number of halogens is 3. The first-order valence-electron chi connectivity index (χ1n) is 52.6. The van der Waals surface area contributed by atoms with E-state index in [1.807, 2.05) is 87.2 Å². The highest BCUT2D eigenvalue weighted by Gasteiger charge is 2.46. The number of anilines is 10. The van der Waals surface area contributed by atoms with Crippen LogP contribution in [0.2, 0.25) is 0 Å². The summed E-state index contributed by atoms with van der Waals surface area (Å²) in [7, 11) is 0. The summed E-state index contributed by atoms with van der Waals surface area (Å²) in [4.78, 5) is 70.6. The monoisotopic (exact) mass is 2070 g/mol. The number of unbranched alkanes of at least 4 members (excludes halogenated alkanes) is 14. The summed E-state index contributed by atoms with van der Waals surface area (Å²) in [6, 6.07) is 75.4. The van der Waals surface area contributed by atoms with Crippen LogP contribution in [0.3, 0.4) is 0 Å². The van der Waals surface area contributed by atoms with E-state index in [0.717, 1.165) is 261 Å². The molecule has 0 bridgehead atoms. The summed E-state index contributed by atoms with van der Waals surface area (Å²) >= 11 is 10.9. The zero-order chi connectivity index (χ0) is 99.4. The van der Waals surface area contributed by atoms with E-state index in [9.17, 15) is 14.4 Å². The number of ether oxygens (including phenoxy) is 2. The van der Waals surface area contributed by atoms with Crippen LogP contribution in [0.25, 0.3) is 52.7 Å². The lowest BCUT2D eigenvalue weighted by atomic mass is 9.95. The third-order valence-corrected chi connectivity index (χ3v) is 29.5. The van der Waals surface area contributed by atoms with Crippen LogP contribution in [0.5, 0.6) is 11.5 Å². The Morgan fingerprint density at radius 3 is 0.807 bits per heavy atom. The number of benzene rings is 10. The largest absolute Gasteiger partial charge is 0.494 e. The molecule has 4 unspecified atom stereocenters. The molecule has 0 N–H and O–H groups in total. The average Bonchev–Trinajstić information content (AvgIpc) is 1.57. The van der Waals surface area contributed by atoms with Crippen molar-refractivity contribution in [2.24, 2.45) is 23.7 Å². The molecule has 0 saturated heterocycles. The Bertz CT molecular complexity index is 5700. The third kappa shape index (κ3) is 28.4. The molecule has 140 heavy (non-hydrogen) atoms. The summed E-state index contributed by atoms with van der Waals surface area (Å²) in [5.74, 6) is 3.17. The fourth-order valence-electron chi connectivity index (χ4n) is 19.5. The van der Waals surface area contributed by atoms with Crippen molar-refractivity contribution in [1.29, 1.82) is 0 Å². The molecule has 4 heterocycles. The molecule has 0 radical (unpaired) electrons. The van der Waals surface area contributed by atoms with Gasteiger partial charge in [-0.2, -0.15) is 0 Å². The number of rotatable bonds is 51. The molecule has 0 fully saturated rings. The molecule has 0 spiro atoms. The minimum atomic E-state index is -0.0740. The van der Waals surface area contributed by atoms with Gasteiger partial charge >= 0.3 is 0 Å². The Hall–Kier alpha value is -10.8. The Balaban J connectivity index is 0.000000209. The Labute approximate surface area is 864 Å². The van der Waals surface area contributed by atoms with Crippen LogP contribution in [-0.2, 0) is 19.2 Å². The van der Waals surface area contributed by atoms with Crippen LogP contribution in [0.4, 0.5) is 56.9 Å². The second-order valence-corrected chi connectivity index (χ2v) is 40.8. The highest BCUT2D eigenvalue weighted by atomic mass is 79.9. The first-order chi connectivity index (χ1) is 68.3. The fourth-order valence-corrected chi connectivity index (χ4v) is 20.6. The van der Waals surface area contributed by atoms with Crippen molar-refractivity contribution < 1.29 is 28.7 Å². The van der Waals surface area contributed by atoms with Crippen molar-refractivity contribution in [1.82, 2.24) is 0 Å². The maximum absolute atomic E-state index is 15.0. The van der Waals surface area contributed by atoms with E-state index in [1.54, 1.807) is 0 Å². The maximum Gasteiger partial charge on any atom is 0.259 e. The molecule has 0 saturated carbocycles. The summed E-state index contributed by atoms with van der Waals surface area (Å²) in [6.45, 7) is 36.1. The predicted molar refractivity (Wildman–Crippen MR) is 609 cm³/mol. The standard InChI is InChI=1S/C63H76BrN3O3.C32H40Br2N2O2.C30H35NO/c1-7-13-16-17-18-19-41-70-55-37-35-54(36-38-55)67(52-31-25-48(20-10-4)26-32-52)53-33-27-49(28-34-53)23-24-50-29-39-56-58(42-50)65(44-46(11-5)21-14-8-2)62(68)60(56)61-57-40-30-51(64)43-59(57)66(63(61)69)45-47(12-6)22-15-9-3;1-5-9-11-21(7-3)19-35-27-17-23(33)13-15-25(27)29(31(35)37)30-26-16-14-24(34)18-28(26)36(32(30)38)20-22(8-4)12-10-6-2;1-4-7-8-9-10-11-24-32-30-22-20-29(21-23-30)31(27-16-12-25(5-2)13-17-27)28-18-14-26(6-3)15-19-28/h10,20,23-40,42-43,46-47H,7-9,11-19,21-22,41,44-45H2,1-6H3;13-18,21-22H,5-12,19-20H2,1-4H3;5-6,12-23H,2-4,7-11,24H2,1H3/b20-10+,24-23+,61-60+;30-29+;. The van der Waals surface area contributed by atoms with Crippen LogP contribution in [0.15, 0.2) is 251 Å². The SMILES string of the molecule is C/C=C/c1ccc(N(c2ccc(/C=C/c3ccc4c(c3)N(CC(CC)CCCC)C(=O)/C4=C3/C(=O)N(CC(CC)CCCC)c4cc(Br)ccc43)cc2)c2ccc(OCCCCCCCC)cc2)cc1.C=Cc1ccc(N(c2ccc(C=C)cc2)c2ccc(OCCCCCCCC)cc2)cc1.CCCCC(CC)CN1C(=O)/C(=C2/C(=O)N(CC(CC)CCCC)c3cc(Br)ccc32)c2ccc(Br)cc21. The van der Waals surface area contributed by atoms with Gasteiger partial charge in [0.2, 0.25) is 0 Å². The number of fused-ring (bicyclic) bond motifs is 4. The molecule has 0 aliphatic carbocycles. The van der Waals surface area contributed by atoms with Crippen LogP contribution >= 0.6 is 47.8 Å². The van der Waals surface area contributed by atoms with Crippen LogP contribution in [0.1, 0.15) is 306 Å². The lowest BCUT2D eigenvalue weighted by Crippen LogP contribution is -2.34. The first kappa shape index (κ1) is 108. The Kier molecular flexibility index (Phi) is 42.8. The van der Waals surface area contributed by atoms with E-state index >= 15 is 4.79 Å². The smallest absolute Gasteiger partial charge is 0.259 e. The molecule has 10 aromatic rings. The van der Waals surface area contributed by atoms with Gasteiger partial charge in [0.15, 0.2) is 0 Å². The maximum atomic E-state index is 15.0. The number of amides is 4. The molecular weight excluding hydrogens is 1920 g/mol. The van der Waals surface area contributed by atoms with Gasteiger partial charge in [-0.05, 0) is 236 Å². The molecule has 12 nitrogen and oxygen atoms in total. The second kappa shape index (κ2) is 55.5. The quantitative estimate of drug-likeness (QED) is 0.0211. The van der Waals surface area contributed by atoms with Gasteiger partial charge in [-0.3, -0.25) is 19.2 Å². The van der Waals surface area contributed by atoms with Gasteiger partial charge in [-0.15, -0.1) is 0 Å². The van der Waals surface area contributed by atoms with E-state index in [1.165, 1.54) is 64.2 Å². The van der Waals surface area contributed by atoms with Gasteiger partial charge in [-0.1, -0.05) is 387 Å². The van der Waals surface area contributed by atoms with Gasteiger partial charge in [0.1, 0.15) is 11.5 Å². The number of carbonyl (C=O) groups excluding carboxylic acids is 4. The van der Waals surface area contributed by atoms with Crippen molar-refractivity contribution in [3.63, 3.8) is 0 Å². The van der Waals surface area contributed by atoms with E-state index in [0.29, 0.717) is 72.1 Å². The topological polar surface area (TPSA) is 106 Å². The lowest BCUT2D eigenvalue weighted by molar-refractivity contribution is -0.114. The molecule has 4 aliphatic rings. The number of nitrogens with zero attached hydrogens (tertiary/aromatic N) is 6. The van der Waals surface area contributed by atoms with Crippen molar-refractivity contribution in [2.75, 3.05) is 68.8 Å². The van der Waals surface area contributed by atoms with Crippen molar-refractivity contribution in [3.8, 4) is 11.5 Å².